The lowest BCUT2D eigenvalue weighted by molar-refractivity contribution is 0.0935. The third kappa shape index (κ3) is 3.62. The van der Waals surface area contributed by atoms with Crippen molar-refractivity contribution in [1.29, 1.82) is 0 Å². The number of hydrogen-bond donors (Lipinski definition) is 2. The zero-order valence-corrected chi connectivity index (χ0v) is 11.7. The molecule has 0 aromatic heterocycles. The molecule has 0 spiro atoms. The van der Waals surface area contributed by atoms with Crippen LogP contribution >= 0.6 is 11.8 Å². The van der Waals surface area contributed by atoms with E-state index in [9.17, 15) is 14.3 Å². The van der Waals surface area contributed by atoms with Crippen LogP contribution in [0.1, 0.15) is 36.5 Å². The Bertz CT molecular complexity index is 467. The Morgan fingerprint density at radius 1 is 1.53 bits per heavy atom. The van der Waals surface area contributed by atoms with Crippen molar-refractivity contribution in [3.63, 3.8) is 0 Å². The molecule has 2 atom stereocenters. The van der Waals surface area contributed by atoms with Gasteiger partial charge in [0.2, 0.25) is 0 Å². The Morgan fingerprint density at radius 2 is 2.32 bits per heavy atom. The largest absolute Gasteiger partial charge is 0.507 e. The molecule has 2 rings (SSSR count). The van der Waals surface area contributed by atoms with Gasteiger partial charge in [-0.05, 0) is 43.2 Å². The number of phenols is 1. The van der Waals surface area contributed by atoms with E-state index in [1.165, 1.54) is 6.07 Å². The molecule has 2 unspecified atom stereocenters. The molecule has 104 valence electrons. The minimum atomic E-state index is -0.520. The van der Waals surface area contributed by atoms with Crippen molar-refractivity contribution in [3.8, 4) is 5.75 Å². The van der Waals surface area contributed by atoms with Crippen molar-refractivity contribution < 1.29 is 14.3 Å². The van der Waals surface area contributed by atoms with Crippen LogP contribution in [0.3, 0.4) is 0 Å². The van der Waals surface area contributed by atoms with Gasteiger partial charge < -0.3 is 10.4 Å². The zero-order valence-electron chi connectivity index (χ0n) is 10.9. The summed E-state index contributed by atoms with van der Waals surface area (Å²) in [5.41, 5.74) is 0.00611. The van der Waals surface area contributed by atoms with Crippen molar-refractivity contribution in [1.82, 2.24) is 5.32 Å². The molecule has 0 radical (unpaired) electrons. The second kappa shape index (κ2) is 6.28. The van der Waals surface area contributed by atoms with Crippen molar-refractivity contribution in [2.24, 2.45) is 0 Å². The maximum atomic E-state index is 13.1. The first kappa shape index (κ1) is 14.2. The number of thioether (sulfide) groups is 1. The molecular weight excluding hydrogens is 265 g/mol. The number of nitrogens with one attached hydrogen (secondary N) is 1. The van der Waals surface area contributed by atoms with Crippen LogP contribution in [0.4, 0.5) is 4.39 Å². The van der Waals surface area contributed by atoms with E-state index in [-0.39, 0.29) is 17.4 Å². The summed E-state index contributed by atoms with van der Waals surface area (Å²) in [6.07, 6.45) is 2.98. The number of aromatic hydroxyl groups is 1. The molecule has 1 fully saturated rings. The van der Waals surface area contributed by atoms with E-state index in [2.05, 4.69) is 12.2 Å². The highest BCUT2D eigenvalue weighted by molar-refractivity contribution is 7.99. The first-order chi connectivity index (χ1) is 9.10. The van der Waals surface area contributed by atoms with Crippen LogP contribution in [-0.2, 0) is 0 Å². The minimum absolute atomic E-state index is 0.00611. The molecule has 1 aromatic rings. The normalized spacial score (nSPS) is 22.4. The number of hydrogen-bond acceptors (Lipinski definition) is 3. The van der Waals surface area contributed by atoms with E-state index in [4.69, 9.17) is 0 Å². The third-order valence-electron chi connectivity index (χ3n) is 3.33. The highest BCUT2D eigenvalue weighted by Crippen LogP contribution is 2.30. The molecule has 1 aliphatic carbocycles. The number of benzene rings is 1. The fourth-order valence-electron chi connectivity index (χ4n) is 2.41. The SMILES string of the molecule is CCSC1CCC(NC(=O)c2cc(F)ccc2O)C1. The topological polar surface area (TPSA) is 49.3 Å². The van der Waals surface area contributed by atoms with Crippen LogP contribution in [-0.4, -0.2) is 28.1 Å². The number of halogens is 1. The van der Waals surface area contributed by atoms with Gasteiger partial charge in [-0.1, -0.05) is 6.92 Å². The molecule has 3 nitrogen and oxygen atoms in total. The van der Waals surface area contributed by atoms with Crippen LogP contribution < -0.4 is 5.32 Å². The van der Waals surface area contributed by atoms with E-state index in [1.54, 1.807) is 0 Å². The van der Waals surface area contributed by atoms with Gasteiger partial charge in [0.15, 0.2) is 0 Å². The zero-order chi connectivity index (χ0) is 13.8. The van der Waals surface area contributed by atoms with Crippen LogP contribution in [0, 0.1) is 5.82 Å². The molecule has 19 heavy (non-hydrogen) atoms. The van der Waals surface area contributed by atoms with Crippen molar-refractivity contribution >= 4 is 17.7 Å². The third-order valence-corrected chi connectivity index (χ3v) is 4.56. The highest BCUT2D eigenvalue weighted by Gasteiger charge is 2.26. The molecule has 2 N–H and O–H groups in total. The van der Waals surface area contributed by atoms with Gasteiger partial charge in [0.1, 0.15) is 11.6 Å². The van der Waals surface area contributed by atoms with Gasteiger partial charge in [0, 0.05) is 11.3 Å². The molecular formula is C14H18FNO2S. The number of carbonyl (C=O) groups is 1. The summed E-state index contributed by atoms with van der Waals surface area (Å²) >= 11 is 1.91. The first-order valence-corrected chi connectivity index (χ1v) is 7.56. The Labute approximate surface area is 116 Å². The standard InChI is InChI=1S/C14H18FNO2S/c1-2-19-11-5-4-10(8-11)16-14(18)12-7-9(15)3-6-13(12)17/h3,6-7,10-11,17H,2,4-5,8H2,1H3,(H,16,18). The van der Waals surface area contributed by atoms with E-state index >= 15 is 0 Å². The highest BCUT2D eigenvalue weighted by atomic mass is 32.2. The summed E-state index contributed by atoms with van der Waals surface area (Å²) < 4.78 is 13.1. The van der Waals surface area contributed by atoms with Crippen LogP contribution in [0.25, 0.3) is 0 Å². The molecule has 1 amide bonds. The molecule has 0 bridgehead atoms. The lowest BCUT2D eigenvalue weighted by Gasteiger charge is -2.13. The monoisotopic (exact) mass is 283 g/mol. The molecule has 1 aromatic carbocycles. The van der Waals surface area contributed by atoms with E-state index in [1.807, 2.05) is 11.8 Å². The Hall–Kier alpha value is -1.23. The van der Waals surface area contributed by atoms with Gasteiger partial charge in [-0.3, -0.25) is 4.79 Å². The van der Waals surface area contributed by atoms with Crippen LogP contribution in [0.2, 0.25) is 0 Å². The number of carbonyl (C=O) groups excluding carboxylic acids is 1. The van der Waals surface area contributed by atoms with E-state index in [0.29, 0.717) is 5.25 Å². The first-order valence-electron chi connectivity index (χ1n) is 6.51. The quantitative estimate of drug-likeness (QED) is 0.893. The van der Waals surface area contributed by atoms with Gasteiger partial charge in [-0.25, -0.2) is 4.39 Å². The van der Waals surface area contributed by atoms with Crippen molar-refractivity contribution in [2.45, 2.75) is 37.5 Å². The molecule has 0 aliphatic heterocycles. The van der Waals surface area contributed by atoms with Gasteiger partial charge >= 0.3 is 0 Å². The molecule has 1 saturated carbocycles. The second-order valence-electron chi connectivity index (χ2n) is 4.72. The lowest BCUT2D eigenvalue weighted by Crippen LogP contribution is -2.33. The predicted molar refractivity (Wildman–Crippen MR) is 75.1 cm³/mol. The molecule has 5 heteroatoms. The average Bonchev–Trinajstić information content (AvgIpc) is 2.80. The molecule has 1 aliphatic rings. The fourth-order valence-corrected chi connectivity index (χ4v) is 3.55. The summed E-state index contributed by atoms with van der Waals surface area (Å²) in [6, 6.07) is 3.53. The summed E-state index contributed by atoms with van der Waals surface area (Å²) in [5, 5.41) is 13.1. The van der Waals surface area contributed by atoms with Gasteiger partial charge in [0.05, 0.1) is 5.56 Å². The van der Waals surface area contributed by atoms with Gasteiger partial charge in [-0.2, -0.15) is 11.8 Å². The smallest absolute Gasteiger partial charge is 0.255 e. The minimum Gasteiger partial charge on any atom is -0.507 e. The summed E-state index contributed by atoms with van der Waals surface area (Å²) in [7, 11) is 0. The van der Waals surface area contributed by atoms with Crippen LogP contribution in [0.15, 0.2) is 18.2 Å². The Balaban J connectivity index is 1.96. The fraction of sp³-hybridized carbons (Fsp3) is 0.500. The van der Waals surface area contributed by atoms with Gasteiger partial charge in [0.25, 0.3) is 5.91 Å². The summed E-state index contributed by atoms with van der Waals surface area (Å²) in [6.45, 7) is 2.13. The molecule has 0 heterocycles. The van der Waals surface area contributed by atoms with E-state index in [0.717, 1.165) is 37.1 Å². The molecule has 0 saturated heterocycles. The summed E-state index contributed by atoms with van der Waals surface area (Å²) in [4.78, 5) is 12.0. The van der Waals surface area contributed by atoms with Crippen LogP contribution in [0.5, 0.6) is 5.75 Å². The summed E-state index contributed by atoms with van der Waals surface area (Å²) in [5.74, 6) is -0.0231. The maximum absolute atomic E-state index is 13.1. The van der Waals surface area contributed by atoms with Crippen molar-refractivity contribution in [3.05, 3.63) is 29.6 Å². The van der Waals surface area contributed by atoms with Gasteiger partial charge in [-0.15, -0.1) is 0 Å². The average molecular weight is 283 g/mol. The predicted octanol–water partition coefficient (Wildman–Crippen LogP) is 2.94. The Morgan fingerprint density at radius 3 is 3.05 bits per heavy atom. The number of amides is 1. The Kier molecular flexibility index (Phi) is 4.69. The maximum Gasteiger partial charge on any atom is 0.255 e. The number of phenolic OH excluding ortho intramolecular Hbond substituents is 1. The van der Waals surface area contributed by atoms with E-state index < -0.39 is 11.7 Å². The second-order valence-corrected chi connectivity index (χ2v) is 6.30. The number of rotatable bonds is 4. The lowest BCUT2D eigenvalue weighted by atomic mass is 10.1. The van der Waals surface area contributed by atoms with Crippen molar-refractivity contribution in [2.75, 3.05) is 5.75 Å².